The first-order valence-corrected chi connectivity index (χ1v) is 6.19. The third-order valence-electron chi connectivity index (χ3n) is 2.52. The van der Waals surface area contributed by atoms with Crippen molar-refractivity contribution in [1.82, 2.24) is 0 Å². The summed E-state index contributed by atoms with van der Waals surface area (Å²) in [6, 6.07) is 18.7. The van der Waals surface area contributed by atoms with Gasteiger partial charge in [-0.2, -0.15) is 0 Å². The maximum atomic E-state index is 5.67. The fourth-order valence-electron chi connectivity index (χ4n) is 1.57. The van der Waals surface area contributed by atoms with E-state index in [1.807, 2.05) is 48.5 Å². The first kappa shape index (κ1) is 13.4. The monoisotopic (exact) mass is 257 g/mol. The van der Waals surface area contributed by atoms with Crippen LogP contribution in [0.25, 0.3) is 0 Å². The summed E-state index contributed by atoms with van der Waals surface area (Å²) < 4.78 is 16.1. The standard InChI is InChI=1S/C16H17O3/c1-17-10-11-18-15-8-5-9-16(12-15)19-13-14-6-3-2-4-7-14/h2-9H,10-11,13H2,1H3. The van der Waals surface area contributed by atoms with Crippen molar-refractivity contribution in [3.05, 3.63) is 60.2 Å². The maximum Gasteiger partial charge on any atom is 0.131 e. The Kier molecular flexibility index (Phi) is 5.26. The summed E-state index contributed by atoms with van der Waals surface area (Å²) in [5, 5.41) is 0. The van der Waals surface area contributed by atoms with E-state index in [0.717, 1.165) is 5.56 Å². The molecular formula is C16H17O3. The molecule has 0 amide bonds. The molecule has 2 aromatic carbocycles. The summed E-state index contributed by atoms with van der Waals surface area (Å²) in [4.78, 5) is 0. The predicted octanol–water partition coefficient (Wildman–Crippen LogP) is 3.09. The molecule has 0 atom stereocenters. The van der Waals surface area contributed by atoms with Crippen LogP contribution in [0.4, 0.5) is 0 Å². The molecule has 0 unspecified atom stereocenters. The van der Waals surface area contributed by atoms with Gasteiger partial charge in [0.1, 0.15) is 24.7 Å². The molecule has 0 aromatic heterocycles. The third kappa shape index (κ3) is 4.64. The quantitative estimate of drug-likeness (QED) is 0.713. The van der Waals surface area contributed by atoms with E-state index < -0.39 is 0 Å². The van der Waals surface area contributed by atoms with Gasteiger partial charge in [-0.15, -0.1) is 0 Å². The van der Waals surface area contributed by atoms with E-state index in [4.69, 9.17) is 14.2 Å². The molecule has 0 spiro atoms. The molecule has 0 N–H and O–H groups in total. The minimum absolute atomic E-state index is 0.509. The minimum Gasteiger partial charge on any atom is -0.490 e. The Bertz CT molecular complexity index is 482. The van der Waals surface area contributed by atoms with E-state index in [1.165, 1.54) is 0 Å². The molecule has 0 fully saturated rings. The Morgan fingerprint density at radius 2 is 1.58 bits per heavy atom. The van der Waals surface area contributed by atoms with E-state index in [2.05, 4.69) is 6.07 Å². The van der Waals surface area contributed by atoms with Crippen molar-refractivity contribution in [2.75, 3.05) is 20.3 Å². The van der Waals surface area contributed by atoms with Crippen LogP contribution in [0.15, 0.2) is 48.5 Å². The van der Waals surface area contributed by atoms with Crippen molar-refractivity contribution >= 4 is 0 Å². The highest BCUT2D eigenvalue weighted by Gasteiger charge is 1.99. The molecule has 0 aliphatic heterocycles. The van der Waals surface area contributed by atoms with E-state index in [9.17, 15) is 0 Å². The second-order valence-corrected chi connectivity index (χ2v) is 3.99. The Labute approximate surface area is 113 Å². The van der Waals surface area contributed by atoms with Crippen LogP contribution >= 0.6 is 0 Å². The van der Waals surface area contributed by atoms with Gasteiger partial charge in [0.05, 0.1) is 12.7 Å². The molecule has 0 heterocycles. The summed E-state index contributed by atoms with van der Waals surface area (Å²) in [6.45, 7) is 1.59. The fraction of sp³-hybridized carbons (Fsp3) is 0.250. The number of ether oxygens (including phenoxy) is 3. The molecule has 19 heavy (non-hydrogen) atoms. The molecule has 3 heteroatoms. The van der Waals surface area contributed by atoms with Crippen molar-refractivity contribution in [1.29, 1.82) is 0 Å². The molecule has 2 rings (SSSR count). The van der Waals surface area contributed by atoms with Crippen LogP contribution in [-0.2, 0) is 11.3 Å². The lowest BCUT2D eigenvalue weighted by atomic mass is 10.2. The molecule has 0 saturated heterocycles. The zero-order chi connectivity index (χ0) is 13.3. The van der Waals surface area contributed by atoms with E-state index in [0.29, 0.717) is 31.3 Å². The summed E-state index contributed by atoms with van der Waals surface area (Å²) in [5.41, 5.74) is 1.13. The zero-order valence-corrected chi connectivity index (χ0v) is 11.0. The van der Waals surface area contributed by atoms with Gasteiger partial charge in [-0.05, 0) is 17.7 Å². The smallest absolute Gasteiger partial charge is 0.131 e. The highest BCUT2D eigenvalue weighted by atomic mass is 16.5. The second kappa shape index (κ2) is 7.44. The molecule has 99 valence electrons. The summed E-state index contributed by atoms with van der Waals surface area (Å²) in [6.07, 6.45) is 0. The van der Waals surface area contributed by atoms with Gasteiger partial charge in [0.15, 0.2) is 0 Å². The van der Waals surface area contributed by atoms with Crippen LogP contribution in [-0.4, -0.2) is 20.3 Å². The van der Waals surface area contributed by atoms with Gasteiger partial charge >= 0.3 is 0 Å². The van der Waals surface area contributed by atoms with Gasteiger partial charge in [-0.25, -0.2) is 0 Å². The Balaban J connectivity index is 1.88. The minimum atomic E-state index is 0.509. The highest BCUT2D eigenvalue weighted by molar-refractivity contribution is 5.31. The van der Waals surface area contributed by atoms with Crippen molar-refractivity contribution in [3.8, 4) is 11.5 Å². The molecule has 0 aliphatic rings. The SMILES string of the molecule is COCCOc1[c]c(OCc2ccccc2)ccc1. The average molecular weight is 257 g/mol. The normalized spacial score (nSPS) is 10.2. The second-order valence-electron chi connectivity index (χ2n) is 3.99. The molecule has 2 aromatic rings. The lowest BCUT2D eigenvalue weighted by molar-refractivity contribution is 0.146. The Morgan fingerprint density at radius 3 is 2.32 bits per heavy atom. The first-order valence-electron chi connectivity index (χ1n) is 6.19. The lowest BCUT2D eigenvalue weighted by Gasteiger charge is -2.08. The molecule has 3 nitrogen and oxygen atoms in total. The molecule has 0 saturated carbocycles. The molecular weight excluding hydrogens is 240 g/mol. The van der Waals surface area contributed by atoms with Crippen LogP contribution in [0, 0.1) is 6.07 Å². The van der Waals surface area contributed by atoms with Gasteiger partial charge in [-0.1, -0.05) is 36.4 Å². The highest BCUT2D eigenvalue weighted by Crippen LogP contribution is 2.19. The van der Waals surface area contributed by atoms with Gasteiger partial charge in [-0.3, -0.25) is 0 Å². The number of benzene rings is 2. The van der Waals surface area contributed by atoms with Crippen LogP contribution in [0.2, 0.25) is 0 Å². The maximum absolute atomic E-state index is 5.67. The molecule has 0 bridgehead atoms. The van der Waals surface area contributed by atoms with Crippen LogP contribution in [0.3, 0.4) is 0 Å². The van der Waals surface area contributed by atoms with Gasteiger partial charge in [0.25, 0.3) is 0 Å². The number of hydrogen-bond acceptors (Lipinski definition) is 3. The molecule has 0 aliphatic carbocycles. The number of methoxy groups -OCH3 is 1. The van der Waals surface area contributed by atoms with Gasteiger partial charge in [0.2, 0.25) is 0 Å². The lowest BCUT2D eigenvalue weighted by Crippen LogP contribution is -2.04. The Hall–Kier alpha value is -2.00. The van der Waals surface area contributed by atoms with E-state index >= 15 is 0 Å². The Morgan fingerprint density at radius 1 is 0.842 bits per heavy atom. The number of hydrogen-bond donors (Lipinski definition) is 0. The van der Waals surface area contributed by atoms with E-state index in [1.54, 1.807) is 7.11 Å². The zero-order valence-electron chi connectivity index (χ0n) is 11.0. The van der Waals surface area contributed by atoms with Gasteiger partial charge in [0, 0.05) is 7.11 Å². The topological polar surface area (TPSA) is 27.7 Å². The van der Waals surface area contributed by atoms with Crippen LogP contribution in [0.5, 0.6) is 11.5 Å². The predicted molar refractivity (Wildman–Crippen MR) is 73.4 cm³/mol. The van der Waals surface area contributed by atoms with E-state index in [-0.39, 0.29) is 0 Å². The first-order chi connectivity index (χ1) is 9.38. The van der Waals surface area contributed by atoms with Crippen molar-refractivity contribution in [2.45, 2.75) is 6.61 Å². The van der Waals surface area contributed by atoms with Gasteiger partial charge < -0.3 is 14.2 Å². The fourth-order valence-corrected chi connectivity index (χ4v) is 1.57. The van der Waals surface area contributed by atoms with Crippen molar-refractivity contribution < 1.29 is 14.2 Å². The summed E-state index contributed by atoms with van der Waals surface area (Å²) in [5.74, 6) is 1.35. The largest absolute Gasteiger partial charge is 0.490 e. The van der Waals surface area contributed by atoms with Crippen molar-refractivity contribution in [2.24, 2.45) is 0 Å². The summed E-state index contributed by atoms with van der Waals surface area (Å²) >= 11 is 0. The number of rotatable bonds is 7. The average Bonchev–Trinajstić information content (AvgIpc) is 2.47. The van der Waals surface area contributed by atoms with Crippen molar-refractivity contribution in [3.63, 3.8) is 0 Å². The van der Waals surface area contributed by atoms with Crippen LogP contribution in [0.1, 0.15) is 5.56 Å². The summed E-state index contributed by atoms with van der Waals surface area (Å²) in [7, 11) is 1.65. The third-order valence-corrected chi connectivity index (χ3v) is 2.52. The van der Waals surface area contributed by atoms with Crippen LogP contribution < -0.4 is 9.47 Å². The molecule has 1 radical (unpaired) electrons.